The summed E-state index contributed by atoms with van der Waals surface area (Å²) in [5.74, 6) is 1.15. The Morgan fingerprint density at radius 1 is 1.26 bits per heavy atom. The summed E-state index contributed by atoms with van der Waals surface area (Å²) in [6.45, 7) is 4.62. The van der Waals surface area contributed by atoms with Crippen LogP contribution in [-0.4, -0.2) is 46.4 Å². The second-order valence-corrected chi connectivity index (χ2v) is 7.14. The van der Waals surface area contributed by atoms with E-state index < -0.39 is 10.0 Å². The molecule has 7 nitrogen and oxygen atoms in total. The van der Waals surface area contributed by atoms with Crippen LogP contribution in [0.5, 0.6) is 11.5 Å². The Morgan fingerprint density at radius 3 is 2.61 bits per heavy atom. The molecule has 0 fully saturated rings. The van der Waals surface area contributed by atoms with Gasteiger partial charge < -0.3 is 14.4 Å². The van der Waals surface area contributed by atoms with Crippen LogP contribution in [0.2, 0.25) is 0 Å². The number of rotatable bonds is 7. The van der Waals surface area contributed by atoms with E-state index in [0.717, 1.165) is 0 Å². The number of ether oxygens (including phenoxy) is 2. The minimum atomic E-state index is -3.28. The molecule has 0 spiro atoms. The van der Waals surface area contributed by atoms with Gasteiger partial charge in [0.25, 0.3) is 0 Å². The minimum Gasteiger partial charge on any atom is -0.486 e. The third-order valence-electron chi connectivity index (χ3n) is 3.35. The van der Waals surface area contributed by atoms with Crippen molar-refractivity contribution in [1.82, 2.24) is 4.72 Å². The average molecular weight is 342 g/mol. The van der Waals surface area contributed by atoms with Crippen LogP contribution < -0.4 is 19.1 Å². The summed E-state index contributed by atoms with van der Waals surface area (Å²) in [6, 6.07) is 5.24. The molecule has 8 heteroatoms. The maximum atomic E-state index is 11.9. The number of anilines is 1. The van der Waals surface area contributed by atoms with Crippen LogP contribution in [0.1, 0.15) is 20.3 Å². The van der Waals surface area contributed by atoms with E-state index in [4.69, 9.17) is 9.47 Å². The van der Waals surface area contributed by atoms with Crippen LogP contribution in [0.25, 0.3) is 0 Å². The Hall–Kier alpha value is -1.80. The fraction of sp³-hybridized carbons (Fsp3) is 0.533. The molecule has 1 N–H and O–H groups in total. The summed E-state index contributed by atoms with van der Waals surface area (Å²) in [7, 11) is -3.28. The van der Waals surface area contributed by atoms with Crippen LogP contribution in [0.15, 0.2) is 18.2 Å². The van der Waals surface area contributed by atoms with Crippen LogP contribution in [0.4, 0.5) is 5.69 Å². The van der Waals surface area contributed by atoms with Gasteiger partial charge in [0.15, 0.2) is 11.5 Å². The highest BCUT2D eigenvalue weighted by atomic mass is 32.2. The van der Waals surface area contributed by atoms with Gasteiger partial charge in [-0.25, -0.2) is 13.1 Å². The molecule has 1 aliphatic rings. The first-order valence-electron chi connectivity index (χ1n) is 7.58. The number of hydrogen-bond donors (Lipinski definition) is 1. The van der Waals surface area contributed by atoms with Crippen molar-refractivity contribution in [2.75, 3.05) is 37.0 Å². The van der Waals surface area contributed by atoms with Crippen LogP contribution in [-0.2, 0) is 14.8 Å². The molecule has 0 bridgehead atoms. The molecule has 0 saturated carbocycles. The van der Waals surface area contributed by atoms with E-state index in [-0.39, 0.29) is 24.7 Å². The fourth-order valence-electron chi connectivity index (χ4n) is 2.32. The van der Waals surface area contributed by atoms with Gasteiger partial charge >= 0.3 is 0 Å². The van der Waals surface area contributed by atoms with Crippen LogP contribution >= 0.6 is 0 Å². The minimum absolute atomic E-state index is 0.0805. The second kappa shape index (κ2) is 7.65. The maximum Gasteiger partial charge on any atom is 0.223 e. The van der Waals surface area contributed by atoms with Gasteiger partial charge in [-0.15, -0.1) is 0 Å². The lowest BCUT2D eigenvalue weighted by molar-refractivity contribution is -0.116. The Kier molecular flexibility index (Phi) is 5.84. The highest BCUT2D eigenvalue weighted by Gasteiger charge is 2.18. The van der Waals surface area contributed by atoms with Crippen molar-refractivity contribution in [2.45, 2.75) is 20.3 Å². The van der Waals surface area contributed by atoms with Gasteiger partial charge in [-0.2, -0.15) is 0 Å². The molecule has 2 rings (SSSR count). The van der Waals surface area contributed by atoms with E-state index in [1.807, 2.05) is 0 Å². The van der Waals surface area contributed by atoms with Crippen molar-refractivity contribution in [3.8, 4) is 11.5 Å². The molecule has 1 amide bonds. The van der Waals surface area contributed by atoms with E-state index in [9.17, 15) is 13.2 Å². The SMILES string of the molecule is CCCS(=O)(=O)NCCN(C(C)=O)c1ccc2c(c1)OCCO2. The Morgan fingerprint density at radius 2 is 1.96 bits per heavy atom. The van der Waals surface area contributed by atoms with Crippen molar-refractivity contribution in [3.63, 3.8) is 0 Å². The zero-order valence-electron chi connectivity index (χ0n) is 13.4. The first kappa shape index (κ1) is 17.6. The molecule has 0 aromatic heterocycles. The summed E-state index contributed by atoms with van der Waals surface area (Å²) in [6.07, 6.45) is 0.550. The largest absolute Gasteiger partial charge is 0.486 e. The molecule has 0 radical (unpaired) electrons. The molecule has 0 unspecified atom stereocenters. The van der Waals surface area contributed by atoms with Crippen LogP contribution in [0, 0.1) is 0 Å². The van der Waals surface area contributed by atoms with E-state index >= 15 is 0 Å². The summed E-state index contributed by atoms with van der Waals surface area (Å²) in [5.41, 5.74) is 0.649. The van der Waals surface area contributed by atoms with Gasteiger partial charge in [0.1, 0.15) is 13.2 Å². The lowest BCUT2D eigenvalue weighted by Crippen LogP contribution is -2.38. The van der Waals surface area contributed by atoms with Crippen molar-refractivity contribution >= 4 is 21.6 Å². The molecule has 128 valence electrons. The standard InChI is InChI=1S/C15H22N2O5S/c1-3-10-23(19,20)16-6-7-17(12(2)18)13-4-5-14-15(11-13)22-9-8-21-14/h4-5,11,16H,3,6-10H2,1-2H3. The quantitative estimate of drug-likeness (QED) is 0.803. The molecule has 1 aliphatic heterocycles. The van der Waals surface area contributed by atoms with Gasteiger partial charge in [0.05, 0.1) is 5.75 Å². The number of benzene rings is 1. The lowest BCUT2D eigenvalue weighted by Gasteiger charge is -2.24. The predicted molar refractivity (Wildman–Crippen MR) is 87.5 cm³/mol. The number of carbonyl (C=O) groups is 1. The summed E-state index contributed by atoms with van der Waals surface area (Å²) in [4.78, 5) is 13.4. The highest BCUT2D eigenvalue weighted by molar-refractivity contribution is 7.89. The molecule has 0 saturated heterocycles. The third kappa shape index (κ3) is 4.84. The summed E-state index contributed by atoms with van der Waals surface area (Å²) >= 11 is 0. The predicted octanol–water partition coefficient (Wildman–Crippen LogP) is 1.14. The van der Waals surface area contributed by atoms with Crippen molar-refractivity contribution < 1.29 is 22.7 Å². The number of hydrogen-bond acceptors (Lipinski definition) is 5. The Bertz CT molecular complexity index is 660. The Labute approximate surface area is 136 Å². The smallest absolute Gasteiger partial charge is 0.223 e. The molecule has 23 heavy (non-hydrogen) atoms. The molecule has 0 aliphatic carbocycles. The first-order valence-corrected chi connectivity index (χ1v) is 9.23. The van der Waals surface area contributed by atoms with Crippen molar-refractivity contribution in [1.29, 1.82) is 0 Å². The molecule has 1 aromatic rings. The summed E-state index contributed by atoms with van der Waals surface area (Å²) in [5, 5.41) is 0. The molecular weight excluding hydrogens is 320 g/mol. The van der Waals surface area contributed by atoms with E-state index in [2.05, 4.69) is 4.72 Å². The van der Waals surface area contributed by atoms with Crippen molar-refractivity contribution in [3.05, 3.63) is 18.2 Å². The fourth-order valence-corrected chi connectivity index (χ4v) is 3.41. The lowest BCUT2D eigenvalue weighted by atomic mass is 10.2. The van der Waals surface area contributed by atoms with Gasteiger partial charge in [-0.3, -0.25) is 4.79 Å². The van der Waals surface area contributed by atoms with Crippen molar-refractivity contribution in [2.24, 2.45) is 0 Å². The Balaban J connectivity index is 2.05. The number of fused-ring (bicyclic) bond motifs is 1. The first-order chi connectivity index (χ1) is 10.9. The number of nitrogens with one attached hydrogen (secondary N) is 1. The number of sulfonamides is 1. The molecule has 1 heterocycles. The molecule has 0 atom stereocenters. The number of carbonyl (C=O) groups excluding carboxylic acids is 1. The van der Waals surface area contributed by atoms with Gasteiger partial charge in [-0.05, 0) is 18.6 Å². The molecular formula is C15H22N2O5S. The number of nitrogens with zero attached hydrogens (tertiary/aromatic N) is 1. The topological polar surface area (TPSA) is 84.9 Å². The maximum absolute atomic E-state index is 11.9. The third-order valence-corrected chi connectivity index (χ3v) is 4.94. The summed E-state index contributed by atoms with van der Waals surface area (Å²) < 4.78 is 36.8. The van der Waals surface area contributed by atoms with E-state index in [1.165, 1.54) is 11.8 Å². The van der Waals surface area contributed by atoms with E-state index in [1.54, 1.807) is 25.1 Å². The van der Waals surface area contributed by atoms with E-state index in [0.29, 0.717) is 36.8 Å². The van der Waals surface area contributed by atoms with Crippen LogP contribution in [0.3, 0.4) is 0 Å². The zero-order valence-corrected chi connectivity index (χ0v) is 14.2. The average Bonchev–Trinajstić information content (AvgIpc) is 2.50. The zero-order chi connectivity index (χ0) is 16.9. The van der Waals surface area contributed by atoms with Gasteiger partial charge in [0, 0.05) is 31.8 Å². The molecule has 1 aromatic carbocycles. The number of amides is 1. The monoisotopic (exact) mass is 342 g/mol. The second-order valence-electron chi connectivity index (χ2n) is 5.21. The normalized spacial score (nSPS) is 13.7. The highest BCUT2D eigenvalue weighted by Crippen LogP contribution is 2.33. The van der Waals surface area contributed by atoms with Gasteiger partial charge in [0.2, 0.25) is 15.9 Å². The van der Waals surface area contributed by atoms with Gasteiger partial charge in [-0.1, -0.05) is 6.92 Å².